The fourth-order valence-electron chi connectivity index (χ4n) is 1.84. The van der Waals surface area contributed by atoms with E-state index < -0.39 is 0 Å². The van der Waals surface area contributed by atoms with E-state index in [9.17, 15) is 0 Å². The van der Waals surface area contributed by atoms with Crippen molar-refractivity contribution in [1.29, 1.82) is 0 Å². The van der Waals surface area contributed by atoms with Crippen LogP contribution in [0.5, 0.6) is 0 Å². The lowest BCUT2D eigenvalue weighted by Gasteiger charge is -2.12. The Hall–Kier alpha value is -1.20. The maximum atomic E-state index is 4.15. The highest BCUT2D eigenvalue weighted by Crippen LogP contribution is 2.16. The van der Waals surface area contributed by atoms with Gasteiger partial charge in [0.25, 0.3) is 0 Å². The van der Waals surface area contributed by atoms with Gasteiger partial charge >= 0.3 is 0 Å². The predicted octanol–water partition coefficient (Wildman–Crippen LogP) is 2.21. The van der Waals surface area contributed by atoms with Crippen LogP contribution >= 0.6 is 11.3 Å². The standard InChI is InChI=1S/C13H20N4S/c1-9(7-12-6-5-10(2)18-12)14-8-13-16-15-11(3)17(13)4/h5-6,9,14H,7-8H2,1-4H3. The maximum absolute atomic E-state index is 4.15. The Balaban J connectivity index is 1.85. The van der Waals surface area contributed by atoms with Crippen LogP contribution in [0.15, 0.2) is 12.1 Å². The number of rotatable bonds is 5. The molecule has 1 N–H and O–H groups in total. The minimum absolute atomic E-state index is 0.444. The van der Waals surface area contributed by atoms with Crippen LogP contribution in [0.4, 0.5) is 0 Å². The third-order valence-electron chi connectivity index (χ3n) is 3.09. The number of hydrogen-bond acceptors (Lipinski definition) is 4. The maximum Gasteiger partial charge on any atom is 0.146 e. The van der Waals surface area contributed by atoms with Gasteiger partial charge in [-0.15, -0.1) is 21.5 Å². The largest absolute Gasteiger partial charge is 0.317 e. The molecule has 0 amide bonds. The highest BCUT2D eigenvalue weighted by molar-refractivity contribution is 7.11. The molecule has 5 heteroatoms. The van der Waals surface area contributed by atoms with Crippen molar-refractivity contribution in [1.82, 2.24) is 20.1 Å². The lowest BCUT2D eigenvalue weighted by Crippen LogP contribution is -2.28. The lowest BCUT2D eigenvalue weighted by atomic mass is 10.2. The monoisotopic (exact) mass is 264 g/mol. The van der Waals surface area contributed by atoms with Crippen molar-refractivity contribution >= 4 is 11.3 Å². The number of nitrogens with zero attached hydrogens (tertiary/aromatic N) is 3. The first-order valence-corrected chi connectivity index (χ1v) is 7.01. The van der Waals surface area contributed by atoms with Gasteiger partial charge in [-0.3, -0.25) is 0 Å². The van der Waals surface area contributed by atoms with Gasteiger partial charge in [-0.05, 0) is 39.3 Å². The summed E-state index contributed by atoms with van der Waals surface area (Å²) in [5.74, 6) is 1.94. The van der Waals surface area contributed by atoms with E-state index >= 15 is 0 Å². The van der Waals surface area contributed by atoms with Gasteiger partial charge in [0.2, 0.25) is 0 Å². The van der Waals surface area contributed by atoms with Crippen molar-refractivity contribution in [2.24, 2.45) is 7.05 Å². The molecule has 18 heavy (non-hydrogen) atoms. The lowest BCUT2D eigenvalue weighted by molar-refractivity contribution is 0.527. The zero-order valence-electron chi connectivity index (χ0n) is 11.4. The van der Waals surface area contributed by atoms with Crippen LogP contribution in [0, 0.1) is 13.8 Å². The van der Waals surface area contributed by atoms with Crippen LogP contribution in [0.25, 0.3) is 0 Å². The molecule has 4 nitrogen and oxygen atoms in total. The molecule has 1 unspecified atom stereocenters. The first-order chi connectivity index (χ1) is 8.56. The van der Waals surface area contributed by atoms with Crippen molar-refractivity contribution in [3.63, 3.8) is 0 Å². The molecule has 0 aromatic carbocycles. The second-order valence-electron chi connectivity index (χ2n) is 4.72. The van der Waals surface area contributed by atoms with Gasteiger partial charge in [0.05, 0.1) is 6.54 Å². The Bertz CT molecular complexity index is 515. The average Bonchev–Trinajstić information content (AvgIpc) is 2.86. The van der Waals surface area contributed by atoms with E-state index in [0.717, 1.165) is 24.6 Å². The van der Waals surface area contributed by atoms with Gasteiger partial charge in [0.15, 0.2) is 0 Å². The second-order valence-corrected chi connectivity index (χ2v) is 6.09. The molecule has 2 rings (SSSR count). The van der Waals surface area contributed by atoms with E-state index in [1.54, 1.807) is 0 Å². The van der Waals surface area contributed by atoms with Crippen molar-refractivity contribution < 1.29 is 0 Å². The quantitative estimate of drug-likeness (QED) is 0.900. The molecule has 0 aliphatic heterocycles. The zero-order chi connectivity index (χ0) is 13.1. The number of aromatic nitrogens is 3. The topological polar surface area (TPSA) is 42.7 Å². The summed E-state index contributed by atoms with van der Waals surface area (Å²) in [6.07, 6.45) is 1.06. The summed E-state index contributed by atoms with van der Waals surface area (Å²) < 4.78 is 2.02. The molecule has 0 saturated heterocycles. The van der Waals surface area contributed by atoms with Gasteiger partial charge in [0, 0.05) is 22.8 Å². The SMILES string of the molecule is Cc1ccc(CC(C)NCc2nnc(C)n2C)s1. The van der Waals surface area contributed by atoms with Crippen molar-refractivity contribution in [3.8, 4) is 0 Å². The molecule has 0 fully saturated rings. The Morgan fingerprint density at radius 1 is 1.33 bits per heavy atom. The van der Waals surface area contributed by atoms with Crippen LogP contribution in [-0.2, 0) is 20.0 Å². The number of thiophene rings is 1. The van der Waals surface area contributed by atoms with E-state index in [2.05, 4.69) is 41.5 Å². The number of hydrogen-bond donors (Lipinski definition) is 1. The summed E-state index contributed by atoms with van der Waals surface area (Å²) in [6.45, 7) is 7.09. The normalized spacial score (nSPS) is 12.9. The van der Waals surface area contributed by atoms with E-state index in [-0.39, 0.29) is 0 Å². The van der Waals surface area contributed by atoms with Crippen LogP contribution in [0.2, 0.25) is 0 Å². The first kappa shape index (κ1) is 13.2. The summed E-state index contributed by atoms with van der Waals surface area (Å²) in [5, 5.41) is 11.7. The minimum atomic E-state index is 0.444. The summed E-state index contributed by atoms with van der Waals surface area (Å²) in [5.41, 5.74) is 0. The molecule has 0 aliphatic carbocycles. The Morgan fingerprint density at radius 2 is 2.11 bits per heavy atom. The highest BCUT2D eigenvalue weighted by atomic mass is 32.1. The molecule has 0 aliphatic rings. The molecule has 2 heterocycles. The zero-order valence-corrected chi connectivity index (χ0v) is 12.2. The van der Waals surface area contributed by atoms with Gasteiger partial charge < -0.3 is 9.88 Å². The molecule has 0 bridgehead atoms. The van der Waals surface area contributed by atoms with Gasteiger partial charge in [0.1, 0.15) is 11.6 Å². The van der Waals surface area contributed by atoms with Crippen molar-refractivity contribution in [2.75, 3.05) is 0 Å². The Morgan fingerprint density at radius 3 is 2.67 bits per heavy atom. The average molecular weight is 264 g/mol. The van der Waals surface area contributed by atoms with Gasteiger partial charge in [-0.25, -0.2) is 0 Å². The molecule has 0 radical (unpaired) electrons. The van der Waals surface area contributed by atoms with E-state index in [1.807, 2.05) is 29.9 Å². The first-order valence-electron chi connectivity index (χ1n) is 6.20. The Labute approximate surface area is 112 Å². The molecular formula is C13H20N4S. The smallest absolute Gasteiger partial charge is 0.146 e. The van der Waals surface area contributed by atoms with Gasteiger partial charge in [-0.1, -0.05) is 0 Å². The van der Waals surface area contributed by atoms with Crippen LogP contribution in [0.3, 0.4) is 0 Å². The molecule has 98 valence electrons. The summed E-state index contributed by atoms with van der Waals surface area (Å²) in [7, 11) is 2.00. The fraction of sp³-hybridized carbons (Fsp3) is 0.538. The van der Waals surface area contributed by atoms with Gasteiger partial charge in [-0.2, -0.15) is 0 Å². The summed E-state index contributed by atoms with van der Waals surface area (Å²) in [6, 6.07) is 4.84. The summed E-state index contributed by atoms with van der Waals surface area (Å²) in [4.78, 5) is 2.81. The van der Waals surface area contributed by atoms with E-state index in [0.29, 0.717) is 6.04 Å². The summed E-state index contributed by atoms with van der Waals surface area (Å²) >= 11 is 1.87. The van der Waals surface area contributed by atoms with E-state index in [1.165, 1.54) is 9.75 Å². The number of nitrogens with one attached hydrogen (secondary N) is 1. The Kier molecular flexibility index (Phi) is 4.14. The predicted molar refractivity (Wildman–Crippen MR) is 74.8 cm³/mol. The molecular weight excluding hydrogens is 244 g/mol. The fourth-order valence-corrected chi connectivity index (χ4v) is 2.86. The minimum Gasteiger partial charge on any atom is -0.317 e. The highest BCUT2D eigenvalue weighted by Gasteiger charge is 2.08. The van der Waals surface area contributed by atoms with E-state index in [4.69, 9.17) is 0 Å². The van der Waals surface area contributed by atoms with Crippen molar-refractivity contribution in [3.05, 3.63) is 33.5 Å². The molecule has 0 spiro atoms. The molecule has 1 atom stereocenters. The van der Waals surface area contributed by atoms with Crippen LogP contribution in [0.1, 0.15) is 28.3 Å². The third kappa shape index (κ3) is 3.17. The van der Waals surface area contributed by atoms with Crippen LogP contribution < -0.4 is 5.32 Å². The molecule has 2 aromatic heterocycles. The number of aryl methyl sites for hydroxylation is 2. The second kappa shape index (κ2) is 5.63. The molecule has 0 saturated carbocycles. The van der Waals surface area contributed by atoms with Crippen molar-refractivity contribution in [2.45, 2.75) is 39.8 Å². The third-order valence-corrected chi connectivity index (χ3v) is 4.12. The van der Waals surface area contributed by atoms with Crippen LogP contribution in [-0.4, -0.2) is 20.8 Å². The molecule has 2 aromatic rings.